The van der Waals surface area contributed by atoms with E-state index in [1.807, 2.05) is 18.2 Å². The van der Waals surface area contributed by atoms with Gasteiger partial charge in [-0.05, 0) is 25.1 Å². The van der Waals surface area contributed by atoms with E-state index < -0.39 is 12.0 Å². The average molecular weight is 284 g/mol. The van der Waals surface area contributed by atoms with Crippen LogP contribution in [-0.4, -0.2) is 27.1 Å². The maximum absolute atomic E-state index is 10.7. The lowest BCUT2D eigenvalue weighted by Gasteiger charge is -2.06. The van der Waals surface area contributed by atoms with Crippen LogP contribution in [0.25, 0.3) is 11.0 Å². The van der Waals surface area contributed by atoms with E-state index in [-0.39, 0.29) is 0 Å². The second kappa shape index (κ2) is 4.13. The predicted molar refractivity (Wildman–Crippen MR) is 64.5 cm³/mol. The lowest BCUT2D eigenvalue weighted by atomic mass is 10.3. The van der Waals surface area contributed by atoms with Crippen LogP contribution in [0.1, 0.15) is 6.92 Å². The van der Waals surface area contributed by atoms with Gasteiger partial charge in [0.1, 0.15) is 6.04 Å². The van der Waals surface area contributed by atoms with E-state index in [1.54, 1.807) is 6.92 Å². The fourth-order valence-electron chi connectivity index (χ4n) is 1.32. The summed E-state index contributed by atoms with van der Waals surface area (Å²) in [6.45, 7) is 1.56. The number of aliphatic carboxylic acids is 1. The Kier molecular flexibility index (Phi) is 2.82. The van der Waals surface area contributed by atoms with E-state index in [1.165, 1.54) is 0 Å². The van der Waals surface area contributed by atoms with Crippen molar-refractivity contribution in [3.8, 4) is 0 Å². The third kappa shape index (κ3) is 2.16. The zero-order chi connectivity index (χ0) is 11.7. The predicted octanol–water partition coefficient (Wildman–Crippen LogP) is 2.21. The first-order valence-corrected chi connectivity index (χ1v) is 5.50. The van der Waals surface area contributed by atoms with Crippen molar-refractivity contribution < 1.29 is 9.90 Å². The number of imidazole rings is 1. The van der Waals surface area contributed by atoms with Crippen LogP contribution in [0.5, 0.6) is 0 Å². The quantitative estimate of drug-likeness (QED) is 0.807. The lowest BCUT2D eigenvalue weighted by molar-refractivity contribution is -0.137. The molecule has 0 spiro atoms. The molecule has 2 rings (SSSR count). The highest BCUT2D eigenvalue weighted by atomic mass is 79.9. The van der Waals surface area contributed by atoms with E-state index in [4.69, 9.17) is 5.11 Å². The number of benzene rings is 1. The molecule has 3 N–H and O–H groups in total. The summed E-state index contributed by atoms with van der Waals surface area (Å²) in [7, 11) is 0. The number of rotatable bonds is 3. The van der Waals surface area contributed by atoms with Gasteiger partial charge in [0.05, 0.1) is 11.0 Å². The summed E-state index contributed by atoms with van der Waals surface area (Å²) >= 11 is 3.35. The molecule has 0 fully saturated rings. The minimum Gasteiger partial charge on any atom is -0.480 e. The van der Waals surface area contributed by atoms with E-state index >= 15 is 0 Å². The number of carboxylic acid groups (broad SMARTS) is 1. The number of hydrogen-bond acceptors (Lipinski definition) is 3. The van der Waals surface area contributed by atoms with Crippen LogP contribution in [0.15, 0.2) is 22.7 Å². The van der Waals surface area contributed by atoms with Gasteiger partial charge in [-0.1, -0.05) is 15.9 Å². The number of nitrogens with one attached hydrogen (secondary N) is 2. The summed E-state index contributed by atoms with van der Waals surface area (Å²) in [6.07, 6.45) is 0. The number of carbonyl (C=O) groups is 1. The van der Waals surface area contributed by atoms with Gasteiger partial charge < -0.3 is 15.4 Å². The van der Waals surface area contributed by atoms with E-state index in [0.29, 0.717) is 5.95 Å². The first-order chi connectivity index (χ1) is 7.56. The van der Waals surface area contributed by atoms with Crippen LogP contribution in [0.3, 0.4) is 0 Å². The molecule has 0 saturated heterocycles. The molecule has 0 aliphatic heterocycles. The van der Waals surface area contributed by atoms with E-state index in [9.17, 15) is 4.79 Å². The van der Waals surface area contributed by atoms with Crippen molar-refractivity contribution >= 4 is 38.9 Å². The highest BCUT2D eigenvalue weighted by molar-refractivity contribution is 9.10. The number of carboxylic acids is 1. The summed E-state index contributed by atoms with van der Waals surface area (Å²) in [4.78, 5) is 17.9. The van der Waals surface area contributed by atoms with Crippen molar-refractivity contribution in [2.45, 2.75) is 13.0 Å². The number of aromatic nitrogens is 2. The maximum Gasteiger partial charge on any atom is 0.325 e. The molecule has 2 aromatic rings. The largest absolute Gasteiger partial charge is 0.480 e. The second-order valence-corrected chi connectivity index (χ2v) is 4.37. The zero-order valence-electron chi connectivity index (χ0n) is 8.49. The van der Waals surface area contributed by atoms with E-state index in [2.05, 4.69) is 31.2 Å². The fraction of sp³-hybridized carbons (Fsp3) is 0.200. The average Bonchev–Trinajstić information content (AvgIpc) is 2.58. The monoisotopic (exact) mass is 283 g/mol. The zero-order valence-corrected chi connectivity index (χ0v) is 10.1. The summed E-state index contributed by atoms with van der Waals surface area (Å²) in [6, 6.07) is 4.95. The highest BCUT2D eigenvalue weighted by Crippen LogP contribution is 2.19. The van der Waals surface area contributed by atoms with Crippen molar-refractivity contribution in [3.05, 3.63) is 22.7 Å². The molecule has 6 heteroatoms. The smallest absolute Gasteiger partial charge is 0.325 e. The number of anilines is 1. The Labute approximate surface area is 100 Å². The third-order valence-corrected chi connectivity index (χ3v) is 2.66. The van der Waals surface area contributed by atoms with Crippen LogP contribution in [0, 0.1) is 0 Å². The summed E-state index contributed by atoms with van der Waals surface area (Å²) in [5.41, 5.74) is 1.65. The molecule has 0 amide bonds. The molecule has 1 heterocycles. The van der Waals surface area contributed by atoms with Crippen LogP contribution in [0.2, 0.25) is 0 Å². The van der Waals surface area contributed by atoms with Crippen LogP contribution in [-0.2, 0) is 4.79 Å². The van der Waals surface area contributed by atoms with Crippen molar-refractivity contribution in [3.63, 3.8) is 0 Å². The van der Waals surface area contributed by atoms with Gasteiger partial charge in [0, 0.05) is 4.47 Å². The van der Waals surface area contributed by atoms with Crippen LogP contribution < -0.4 is 5.32 Å². The Morgan fingerprint density at radius 1 is 1.62 bits per heavy atom. The number of halogens is 1. The van der Waals surface area contributed by atoms with Crippen molar-refractivity contribution in [1.82, 2.24) is 9.97 Å². The molecule has 0 saturated carbocycles. The molecule has 0 bridgehead atoms. The first-order valence-electron chi connectivity index (χ1n) is 4.71. The molecular weight excluding hydrogens is 274 g/mol. The first kappa shape index (κ1) is 10.9. The summed E-state index contributed by atoms with van der Waals surface area (Å²) in [5.74, 6) is -0.454. The normalized spacial score (nSPS) is 12.6. The molecule has 0 aliphatic carbocycles. The van der Waals surface area contributed by atoms with Gasteiger partial charge in [0.2, 0.25) is 5.95 Å². The highest BCUT2D eigenvalue weighted by Gasteiger charge is 2.12. The fourth-order valence-corrected chi connectivity index (χ4v) is 1.68. The number of H-pyrrole nitrogens is 1. The molecular formula is C10H10BrN3O2. The topological polar surface area (TPSA) is 78.0 Å². The van der Waals surface area contributed by atoms with Gasteiger partial charge in [-0.2, -0.15) is 0 Å². The van der Waals surface area contributed by atoms with Gasteiger partial charge in [0.15, 0.2) is 0 Å². The molecule has 84 valence electrons. The minimum atomic E-state index is -0.915. The van der Waals surface area contributed by atoms with Gasteiger partial charge in [-0.3, -0.25) is 4.79 Å². The number of nitrogens with zero attached hydrogens (tertiary/aromatic N) is 1. The maximum atomic E-state index is 10.7. The summed E-state index contributed by atoms with van der Waals surface area (Å²) in [5, 5.41) is 11.5. The summed E-state index contributed by atoms with van der Waals surface area (Å²) < 4.78 is 0.946. The van der Waals surface area contributed by atoms with Crippen molar-refractivity contribution in [2.24, 2.45) is 0 Å². The Morgan fingerprint density at radius 3 is 3.06 bits per heavy atom. The molecule has 0 radical (unpaired) electrons. The Balaban J connectivity index is 2.29. The van der Waals surface area contributed by atoms with Crippen LogP contribution >= 0.6 is 15.9 Å². The van der Waals surface area contributed by atoms with Crippen LogP contribution in [0.4, 0.5) is 5.95 Å². The molecule has 5 nitrogen and oxygen atoms in total. The molecule has 1 unspecified atom stereocenters. The third-order valence-electron chi connectivity index (χ3n) is 2.17. The van der Waals surface area contributed by atoms with Crippen molar-refractivity contribution in [1.29, 1.82) is 0 Å². The van der Waals surface area contributed by atoms with E-state index in [0.717, 1.165) is 15.5 Å². The van der Waals surface area contributed by atoms with Gasteiger partial charge in [0.25, 0.3) is 0 Å². The number of aromatic amines is 1. The Hall–Kier alpha value is -1.56. The standard InChI is InChI=1S/C10H10BrN3O2/c1-5(9(15)16)12-10-13-7-3-2-6(11)4-8(7)14-10/h2-5H,1H3,(H,15,16)(H2,12,13,14). The number of fused-ring (bicyclic) bond motifs is 1. The lowest BCUT2D eigenvalue weighted by Crippen LogP contribution is -2.25. The molecule has 16 heavy (non-hydrogen) atoms. The van der Waals surface area contributed by atoms with Gasteiger partial charge in [-0.15, -0.1) is 0 Å². The Morgan fingerprint density at radius 2 is 2.38 bits per heavy atom. The minimum absolute atomic E-state index is 0.461. The SMILES string of the molecule is CC(Nc1nc2ccc(Br)cc2[nH]1)C(=O)O. The Bertz CT molecular complexity index is 538. The molecule has 1 aromatic carbocycles. The number of hydrogen-bond donors (Lipinski definition) is 3. The van der Waals surface area contributed by atoms with Crippen molar-refractivity contribution in [2.75, 3.05) is 5.32 Å². The second-order valence-electron chi connectivity index (χ2n) is 3.45. The van der Waals surface area contributed by atoms with Gasteiger partial charge >= 0.3 is 5.97 Å². The molecule has 0 aliphatic rings. The van der Waals surface area contributed by atoms with Gasteiger partial charge in [-0.25, -0.2) is 4.98 Å². The molecule has 1 aromatic heterocycles. The molecule has 1 atom stereocenters.